The van der Waals surface area contributed by atoms with Crippen LogP contribution in [0.4, 0.5) is 0 Å². The number of halogens is 1. The van der Waals surface area contributed by atoms with E-state index in [4.69, 9.17) is 4.52 Å². The highest BCUT2D eigenvalue weighted by Crippen LogP contribution is 2.29. The smallest absolute Gasteiger partial charge is 0.241 e. The van der Waals surface area contributed by atoms with E-state index < -0.39 is 0 Å². The molecule has 1 saturated heterocycles. The zero-order valence-electron chi connectivity index (χ0n) is 14.6. The number of carbonyl (C=O) groups is 1. The monoisotopic (exact) mass is 426 g/mol. The van der Waals surface area contributed by atoms with Crippen molar-refractivity contribution in [3.8, 4) is 10.7 Å². The summed E-state index contributed by atoms with van der Waals surface area (Å²) >= 11 is 5.03. The third-order valence-electron chi connectivity index (χ3n) is 4.28. The molecule has 8 heteroatoms. The minimum absolute atomic E-state index is 0.275. The van der Waals surface area contributed by atoms with Gasteiger partial charge in [-0.05, 0) is 40.4 Å². The molecule has 1 fully saturated rings. The van der Waals surface area contributed by atoms with E-state index in [9.17, 15) is 4.79 Å². The van der Waals surface area contributed by atoms with Crippen LogP contribution in [0.15, 0.2) is 20.4 Å². The molecule has 0 bridgehead atoms. The van der Waals surface area contributed by atoms with Crippen molar-refractivity contribution in [2.24, 2.45) is 5.92 Å². The molecule has 0 saturated carbocycles. The normalized spacial score (nSPS) is 15.9. The van der Waals surface area contributed by atoms with Gasteiger partial charge in [-0.2, -0.15) is 4.98 Å². The second kappa shape index (κ2) is 8.42. The van der Waals surface area contributed by atoms with Crippen molar-refractivity contribution < 1.29 is 9.32 Å². The molecular formula is C17H23BrN4O2S. The Morgan fingerprint density at radius 1 is 1.32 bits per heavy atom. The van der Waals surface area contributed by atoms with Crippen LogP contribution in [0, 0.1) is 5.92 Å². The first kappa shape index (κ1) is 18.5. The van der Waals surface area contributed by atoms with Crippen LogP contribution in [0.5, 0.6) is 0 Å². The molecule has 0 radical (unpaired) electrons. The average molecular weight is 427 g/mol. The molecule has 1 aliphatic rings. The van der Waals surface area contributed by atoms with E-state index in [1.165, 1.54) is 0 Å². The van der Waals surface area contributed by atoms with Crippen molar-refractivity contribution in [3.63, 3.8) is 0 Å². The summed E-state index contributed by atoms with van der Waals surface area (Å²) in [6.07, 6.45) is 1.61. The molecular weight excluding hydrogens is 404 g/mol. The van der Waals surface area contributed by atoms with Crippen LogP contribution >= 0.6 is 27.3 Å². The number of hydrogen-bond donors (Lipinski definition) is 0. The fourth-order valence-corrected chi connectivity index (χ4v) is 4.08. The van der Waals surface area contributed by atoms with Crippen molar-refractivity contribution in [1.82, 2.24) is 19.9 Å². The lowest BCUT2D eigenvalue weighted by atomic mass is 10.1. The van der Waals surface area contributed by atoms with Gasteiger partial charge in [-0.25, -0.2) is 0 Å². The molecule has 6 nitrogen and oxygen atoms in total. The maximum atomic E-state index is 12.2. The molecule has 2 aromatic rings. The Labute approximate surface area is 160 Å². The van der Waals surface area contributed by atoms with Crippen LogP contribution in [-0.2, 0) is 11.3 Å². The molecule has 0 atom stereocenters. The van der Waals surface area contributed by atoms with Gasteiger partial charge in [-0.15, -0.1) is 11.3 Å². The first-order chi connectivity index (χ1) is 12.0. The molecule has 136 valence electrons. The molecule has 1 amide bonds. The largest absolute Gasteiger partial charge is 0.340 e. The van der Waals surface area contributed by atoms with Gasteiger partial charge < -0.3 is 9.42 Å². The summed E-state index contributed by atoms with van der Waals surface area (Å²) in [6, 6.07) is 3.95. The molecule has 0 unspecified atom stereocenters. The maximum Gasteiger partial charge on any atom is 0.241 e. The van der Waals surface area contributed by atoms with E-state index in [0.29, 0.717) is 30.6 Å². The number of aromatic nitrogens is 2. The molecule has 0 spiro atoms. The van der Waals surface area contributed by atoms with Gasteiger partial charge in [-0.3, -0.25) is 9.69 Å². The van der Waals surface area contributed by atoms with E-state index in [2.05, 4.69) is 44.8 Å². The van der Waals surface area contributed by atoms with E-state index in [0.717, 1.165) is 41.3 Å². The van der Waals surface area contributed by atoms with Gasteiger partial charge in [0.2, 0.25) is 17.6 Å². The van der Waals surface area contributed by atoms with E-state index >= 15 is 0 Å². The SMILES string of the molecule is CC(C)CCC(=O)N1CCN(Cc2nc(-c3ccc(Br)s3)no2)CC1. The standard InChI is InChI=1S/C17H23BrN4O2S/c1-12(2)3-6-16(23)22-9-7-21(8-10-22)11-15-19-17(20-24-15)13-4-5-14(18)25-13/h4-5,12H,3,6-11H2,1-2H3. The number of hydrogen-bond acceptors (Lipinski definition) is 6. The summed E-state index contributed by atoms with van der Waals surface area (Å²) in [6.45, 7) is 8.17. The molecule has 25 heavy (non-hydrogen) atoms. The zero-order chi connectivity index (χ0) is 17.8. The number of thiophene rings is 1. The van der Waals surface area contributed by atoms with Crippen LogP contribution in [0.3, 0.4) is 0 Å². The summed E-state index contributed by atoms with van der Waals surface area (Å²) in [5.74, 6) is 2.10. The van der Waals surface area contributed by atoms with Gasteiger partial charge in [0.05, 0.1) is 15.2 Å². The average Bonchev–Trinajstić information content (AvgIpc) is 3.22. The van der Waals surface area contributed by atoms with Crippen LogP contribution in [0.25, 0.3) is 10.7 Å². The van der Waals surface area contributed by atoms with Gasteiger partial charge in [0, 0.05) is 32.6 Å². The number of amides is 1. The van der Waals surface area contributed by atoms with Crippen LogP contribution in [0.1, 0.15) is 32.6 Å². The van der Waals surface area contributed by atoms with E-state index in [-0.39, 0.29) is 5.91 Å². The van der Waals surface area contributed by atoms with E-state index in [1.807, 2.05) is 17.0 Å². The van der Waals surface area contributed by atoms with Gasteiger partial charge in [0.25, 0.3) is 0 Å². The highest BCUT2D eigenvalue weighted by Gasteiger charge is 2.22. The highest BCUT2D eigenvalue weighted by molar-refractivity contribution is 9.11. The summed E-state index contributed by atoms with van der Waals surface area (Å²) in [5.41, 5.74) is 0. The first-order valence-electron chi connectivity index (χ1n) is 8.59. The number of rotatable bonds is 6. The quantitative estimate of drug-likeness (QED) is 0.705. The molecule has 0 aliphatic carbocycles. The lowest BCUT2D eigenvalue weighted by molar-refractivity contribution is -0.133. The Morgan fingerprint density at radius 2 is 2.08 bits per heavy atom. The molecule has 0 N–H and O–H groups in total. The topological polar surface area (TPSA) is 62.5 Å². The van der Waals surface area contributed by atoms with Crippen molar-refractivity contribution >= 4 is 33.2 Å². The Kier molecular flexibility index (Phi) is 6.24. The fourth-order valence-electron chi connectivity index (χ4n) is 2.77. The minimum atomic E-state index is 0.275. The van der Waals surface area contributed by atoms with Crippen molar-refractivity contribution in [2.45, 2.75) is 33.2 Å². The zero-order valence-corrected chi connectivity index (χ0v) is 17.0. The predicted molar refractivity (Wildman–Crippen MR) is 101 cm³/mol. The molecule has 3 heterocycles. The molecule has 1 aliphatic heterocycles. The van der Waals surface area contributed by atoms with Crippen LogP contribution in [-0.4, -0.2) is 52.0 Å². The minimum Gasteiger partial charge on any atom is -0.340 e. The Bertz CT molecular complexity index is 707. The van der Waals surface area contributed by atoms with Gasteiger partial charge in [-0.1, -0.05) is 19.0 Å². The van der Waals surface area contributed by atoms with Gasteiger partial charge >= 0.3 is 0 Å². The van der Waals surface area contributed by atoms with E-state index in [1.54, 1.807) is 11.3 Å². The molecule has 3 rings (SSSR count). The lowest BCUT2D eigenvalue weighted by Crippen LogP contribution is -2.48. The summed E-state index contributed by atoms with van der Waals surface area (Å²) in [4.78, 5) is 21.9. The van der Waals surface area contributed by atoms with Crippen molar-refractivity contribution in [3.05, 3.63) is 21.8 Å². The van der Waals surface area contributed by atoms with Crippen molar-refractivity contribution in [2.75, 3.05) is 26.2 Å². The van der Waals surface area contributed by atoms with Crippen molar-refractivity contribution in [1.29, 1.82) is 0 Å². The number of nitrogens with zero attached hydrogens (tertiary/aromatic N) is 4. The summed E-state index contributed by atoms with van der Waals surface area (Å²) < 4.78 is 6.43. The number of carbonyl (C=O) groups excluding carboxylic acids is 1. The summed E-state index contributed by atoms with van der Waals surface area (Å²) in [5, 5.41) is 4.06. The van der Waals surface area contributed by atoms with Gasteiger partial charge in [0.1, 0.15) is 0 Å². The van der Waals surface area contributed by atoms with Crippen LogP contribution < -0.4 is 0 Å². The maximum absolute atomic E-state index is 12.2. The Hall–Kier alpha value is -1.25. The third kappa shape index (κ3) is 5.12. The second-order valence-corrected chi connectivity index (χ2v) is 9.17. The van der Waals surface area contributed by atoms with Crippen LogP contribution in [0.2, 0.25) is 0 Å². The molecule has 2 aromatic heterocycles. The second-order valence-electron chi connectivity index (χ2n) is 6.70. The summed E-state index contributed by atoms with van der Waals surface area (Å²) in [7, 11) is 0. The Balaban J connectivity index is 1.48. The lowest BCUT2D eigenvalue weighted by Gasteiger charge is -2.34. The highest BCUT2D eigenvalue weighted by atomic mass is 79.9. The third-order valence-corrected chi connectivity index (χ3v) is 5.90. The first-order valence-corrected chi connectivity index (χ1v) is 10.2. The molecule has 0 aromatic carbocycles. The predicted octanol–water partition coefficient (Wildman–Crippen LogP) is 3.64. The number of piperazine rings is 1. The Morgan fingerprint density at radius 3 is 2.72 bits per heavy atom. The van der Waals surface area contributed by atoms with Gasteiger partial charge in [0.15, 0.2) is 0 Å². The fraction of sp³-hybridized carbons (Fsp3) is 0.588.